The zero-order valence-corrected chi connectivity index (χ0v) is 12.1. The Bertz CT molecular complexity index is 574. The lowest BCUT2D eigenvalue weighted by molar-refractivity contribution is 0.163. The molecule has 1 N–H and O–H groups in total. The van der Waals surface area contributed by atoms with Gasteiger partial charge in [0.15, 0.2) is 11.6 Å². The van der Waals surface area contributed by atoms with E-state index in [2.05, 4.69) is 5.32 Å². The molecule has 0 aliphatic carbocycles. The minimum atomic E-state index is -0.951. The molecule has 2 aromatic rings. The summed E-state index contributed by atoms with van der Waals surface area (Å²) in [6, 6.07) is 13.6. The van der Waals surface area contributed by atoms with E-state index in [1.54, 1.807) is 0 Å². The Hall–Kier alpha value is -1.94. The summed E-state index contributed by atoms with van der Waals surface area (Å²) in [5, 5.41) is 3.31. The molecule has 2 atom stereocenters. The van der Waals surface area contributed by atoms with Crippen molar-refractivity contribution in [3.8, 4) is 5.75 Å². The van der Waals surface area contributed by atoms with Crippen LogP contribution in [0.15, 0.2) is 48.5 Å². The number of halogens is 2. The van der Waals surface area contributed by atoms with E-state index in [0.717, 1.165) is 18.2 Å². The fourth-order valence-corrected chi connectivity index (χ4v) is 2.28. The van der Waals surface area contributed by atoms with Gasteiger partial charge in [0.1, 0.15) is 6.10 Å². The molecule has 112 valence electrons. The summed E-state index contributed by atoms with van der Waals surface area (Å²) >= 11 is 0. The molecule has 2 rings (SSSR count). The monoisotopic (exact) mass is 291 g/mol. The van der Waals surface area contributed by atoms with Gasteiger partial charge in [-0.3, -0.25) is 0 Å². The summed E-state index contributed by atoms with van der Waals surface area (Å²) in [5.41, 5.74) is 1.05. The van der Waals surface area contributed by atoms with Gasteiger partial charge in [-0.15, -0.1) is 0 Å². The molecule has 0 saturated heterocycles. The molecule has 4 heteroatoms. The zero-order valence-electron chi connectivity index (χ0n) is 12.1. The van der Waals surface area contributed by atoms with Gasteiger partial charge in [-0.05, 0) is 31.2 Å². The Balaban J connectivity index is 2.19. The number of hydrogen-bond acceptors (Lipinski definition) is 2. The van der Waals surface area contributed by atoms with Gasteiger partial charge < -0.3 is 10.1 Å². The molecular weight excluding hydrogens is 272 g/mol. The van der Waals surface area contributed by atoms with Crippen molar-refractivity contribution in [1.29, 1.82) is 0 Å². The van der Waals surface area contributed by atoms with Crippen LogP contribution in [0, 0.1) is 11.6 Å². The number of ether oxygens (including phenoxy) is 1. The van der Waals surface area contributed by atoms with E-state index in [4.69, 9.17) is 4.74 Å². The highest BCUT2D eigenvalue weighted by atomic mass is 19.2. The average molecular weight is 291 g/mol. The van der Waals surface area contributed by atoms with Crippen LogP contribution < -0.4 is 10.1 Å². The molecule has 0 bridgehead atoms. The summed E-state index contributed by atoms with van der Waals surface area (Å²) in [6.45, 7) is 4.58. The second kappa shape index (κ2) is 7.18. The van der Waals surface area contributed by atoms with Gasteiger partial charge in [0.2, 0.25) is 5.82 Å². The first kappa shape index (κ1) is 15.4. The largest absolute Gasteiger partial charge is 0.486 e. The van der Waals surface area contributed by atoms with Gasteiger partial charge in [0, 0.05) is 0 Å². The molecule has 2 nitrogen and oxygen atoms in total. The van der Waals surface area contributed by atoms with Gasteiger partial charge in [-0.2, -0.15) is 4.39 Å². The van der Waals surface area contributed by atoms with Crippen molar-refractivity contribution in [3.05, 3.63) is 65.7 Å². The van der Waals surface area contributed by atoms with Crippen LogP contribution in [0.25, 0.3) is 0 Å². The number of likely N-dealkylation sites (N-methyl/N-ethyl adjacent to an activating group) is 1. The molecule has 0 saturated carbocycles. The van der Waals surface area contributed by atoms with Crippen molar-refractivity contribution >= 4 is 0 Å². The summed E-state index contributed by atoms with van der Waals surface area (Å²) in [4.78, 5) is 0. The van der Waals surface area contributed by atoms with E-state index in [1.807, 2.05) is 44.2 Å². The molecule has 21 heavy (non-hydrogen) atoms. The lowest BCUT2D eigenvalue weighted by Gasteiger charge is -2.26. The van der Waals surface area contributed by atoms with Gasteiger partial charge in [0.05, 0.1) is 6.04 Å². The molecule has 0 spiro atoms. The maximum Gasteiger partial charge on any atom is 0.200 e. The van der Waals surface area contributed by atoms with Crippen LogP contribution in [0.1, 0.15) is 25.5 Å². The predicted octanol–water partition coefficient (Wildman–Crippen LogP) is 4.08. The molecule has 0 fully saturated rings. The van der Waals surface area contributed by atoms with Crippen LogP contribution in [0.3, 0.4) is 0 Å². The Morgan fingerprint density at radius 1 is 1.05 bits per heavy atom. The van der Waals surface area contributed by atoms with Crippen molar-refractivity contribution in [2.45, 2.75) is 26.0 Å². The fourth-order valence-electron chi connectivity index (χ4n) is 2.28. The Morgan fingerprint density at radius 2 is 1.76 bits per heavy atom. The van der Waals surface area contributed by atoms with E-state index >= 15 is 0 Å². The molecule has 0 aliphatic heterocycles. The lowest BCUT2D eigenvalue weighted by atomic mass is 10.0. The van der Waals surface area contributed by atoms with Gasteiger partial charge in [-0.1, -0.05) is 43.3 Å². The molecule has 2 unspecified atom stereocenters. The second-order valence-electron chi connectivity index (χ2n) is 4.82. The van der Waals surface area contributed by atoms with Crippen LogP contribution in [-0.4, -0.2) is 12.6 Å². The minimum absolute atomic E-state index is 0.0682. The maximum absolute atomic E-state index is 13.7. The molecule has 0 heterocycles. The molecule has 0 aromatic heterocycles. The molecule has 2 aromatic carbocycles. The van der Waals surface area contributed by atoms with E-state index < -0.39 is 11.6 Å². The molecule has 0 radical (unpaired) electrons. The Kier molecular flexibility index (Phi) is 5.28. The van der Waals surface area contributed by atoms with E-state index in [-0.39, 0.29) is 17.9 Å². The number of hydrogen-bond donors (Lipinski definition) is 1. The van der Waals surface area contributed by atoms with Crippen molar-refractivity contribution in [2.75, 3.05) is 6.54 Å². The maximum atomic E-state index is 13.7. The van der Waals surface area contributed by atoms with Crippen LogP contribution in [0.2, 0.25) is 0 Å². The third-order valence-corrected chi connectivity index (χ3v) is 3.28. The van der Waals surface area contributed by atoms with Crippen molar-refractivity contribution in [3.63, 3.8) is 0 Å². The molecular formula is C17H19F2NO. The van der Waals surface area contributed by atoms with Gasteiger partial charge in [-0.25, -0.2) is 4.39 Å². The smallest absolute Gasteiger partial charge is 0.200 e. The minimum Gasteiger partial charge on any atom is -0.486 e. The SMILES string of the molecule is CCNC(c1ccccc1)C(C)Oc1cccc(F)c1F. The number of benzene rings is 2. The first-order valence-electron chi connectivity index (χ1n) is 7.02. The third kappa shape index (κ3) is 3.79. The highest BCUT2D eigenvalue weighted by Gasteiger charge is 2.21. The quantitative estimate of drug-likeness (QED) is 0.865. The van der Waals surface area contributed by atoms with E-state index in [1.165, 1.54) is 12.1 Å². The summed E-state index contributed by atoms with van der Waals surface area (Å²) in [5.74, 6) is -1.92. The average Bonchev–Trinajstić information content (AvgIpc) is 2.50. The van der Waals surface area contributed by atoms with Crippen molar-refractivity contribution < 1.29 is 13.5 Å². The fraction of sp³-hybridized carbons (Fsp3) is 0.294. The van der Waals surface area contributed by atoms with E-state index in [0.29, 0.717) is 0 Å². The highest BCUT2D eigenvalue weighted by molar-refractivity contribution is 5.26. The van der Waals surface area contributed by atoms with Gasteiger partial charge >= 0.3 is 0 Å². The summed E-state index contributed by atoms with van der Waals surface area (Å²) in [6.07, 6.45) is -0.344. The van der Waals surface area contributed by atoms with Gasteiger partial charge in [0.25, 0.3) is 0 Å². The Morgan fingerprint density at radius 3 is 2.43 bits per heavy atom. The number of nitrogens with one attached hydrogen (secondary N) is 1. The third-order valence-electron chi connectivity index (χ3n) is 3.28. The van der Waals surface area contributed by atoms with Crippen molar-refractivity contribution in [2.24, 2.45) is 0 Å². The molecule has 0 aliphatic rings. The standard InChI is InChI=1S/C17H19F2NO/c1-3-20-17(13-8-5-4-6-9-13)12(2)21-15-11-7-10-14(18)16(15)19/h4-12,17,20H,3H2,1-2H3. The predicted molar refractivity (Wildman–Crippen MR) is 79.3 cm³/mol. The zero-order chi connectivity index (χ0) is 15.2. The van der Waals surface area contributed by atoms with Crippen LogP contribution in [0.4, 0.5) is 8.78 Å². The van der Waals surface area contributed by atoms with Crippen LogP contribution >= 0.6 is 0 Å². The topological polar surface area (TPSA) is 21.3 Å². The Labute approximate surface area is 123 Å². The molecule has 0 amide bonds. The first-order valence-corrected chi connectivity index (χ1v) is 7.02. The number of rotatable bonds is 6. The summed E-state index contributed by atoms with van der Waals surface area (Å²) in [7, 11) is 0. The van der Waals surface area contributed by atoms with Crippen LogP contribution in [0.5, 0.6) is 5.75 Å². The lowest BCUT2D eigenvalue weighted by Crippen LogP contribution is -2.34. The first-order chi connectivity index (χ1) is 10.1. The summed E-state index contributed by atoms with van der Waals surface area (Å²) < 4.78 is 32.5. The normalized spacial score (nSPS) is 13.7. The second-order valence-corrected chi connectivity index (χ2v) is 4.82. The van der Waals surface area contributed by atoms with Crippen LogP contribution in [-0.2, 0) is 0 Å². The van der Waals surface area contributed by atoms with Crippen molar-refractivity contribution in [1.82, 2.24) is 5.32 Å². The highest BCUT2D eigenvalue weighted by Crippen LogP contribution is 2.25. The van der Waals surface area contributed by atoms with E-state index in [9.17, 15) is 8.78 Å².